The second kappa shape index (κ2) is 3.68. The normalized spacial score (nSPS) is 10.7. The van der Waals surface area contributed by atoms with E-state index in [2.05, 4.69) is 4.98 Å². The van der Waals surface area contributed by atoms with Gasteiger partial charge in [-0.15, -0.1) is 0 Å². The monoisotopic (exact) mass is 240 g/mol. The number of aryl methyl sites for hydroxylation is 1. The molecule has 82 valence electrons. The Kier molecular flexibility index (Phi) is 2.47. The van der Waals surface area contributed by atoms with Gasteiger partial charge in [-0.1, -0.05) is 11.6 Å². The number of halogens is 2. The van der Waals surface area contributed by atoms with Crippen LogP contribution in [0.3, 0.4) is 0 Å². The molecule has 0 bridgehead atoms. The molecule has 16 heavy (non-hydrogen) atoms. The summed E-state index contributed by atoms with van der Waals surface area (Å²) in [4.78, 5) is 13.7. The third kappa shape index (κ3) is 1.59. The fourth-order valence-corrected chi connectivity index (χ4v) is 1.74. The smallest absolute Gasteiger partial charge is 0.258 e. The Labute approximate surface area is 94.8 Å². The molecule has 0 spiro atoms. The van der Waals surface area contributed by atoms with Crippen LogP contribution in [0.4, 0.5) is 10.1 Å². The van der Waals surface area contributed by atoms with Crippen molar-refractivity contribution in [3.05, 3.63) is 44.8 Å². The quantitative estimate of drug-likeness (QED) is 0.568. The van der Waals surface area contributed by atoms with Crippen molar-refractivity contribution in [2.24, 2.45) is 0 Å². The molecule has 1 aromatic carbocycles. The summed E-state index contributed by atoms with van der Waals surface area (Å²) < 4.78 is 13.5. The number of fused-ring (bicyclic) bond motifs is 1. The summed E-state index contributed by atoms with van der Waals surface area (Å²) in [5.41, 5.74) is 0.356. The predicted octanol–water partition coefficient (Wildman–Crippen LogP) is 3.24. The van der Waals surface area contributed by atoms with Gasteiger partial charge in [0.1, 0.15) is 22.6 Å². The molecule has 1 aromatic heterocycles. The van der Waals surface area contributed by atoms with Gasteiger partial charge in [-0.3, -0.25) is 10.1 Å². The van der Waals surface area contributed by atoms with Crippen molar-refractivity contribution >= 4 is 28.2 Å². The molecule has 0 atom stereocenters. The molecule has 0 aliphatic carbocycles. The van der Waals surface area contributed by atoms with Crippen LogP contribution in [0.1, 0.15) is 5.56 Å². The lowest BCUT2D eigenvalue weighted by Gasteiger charge is -2.03. The summed E-state index contributed by atoms with van der Waals surface area (Å²) in [6.45, 7) is 1.68. The molecule has 2 rings (SSSR count). The fourth-order valence-electron chi connectivity index (χ4n) is 1.48. The fraction of sp³-hybridized carbons (Fsp3) is 0.100. The van der Waals surface area contributed by atoms with Crippen molar-refractivity contribution < 1.29 is 9.31 Å². The molecule has 0 amide bonds. The maximum atomic E-state index is 13.5. The minimum atomic E-state index is -0.644. The molecule has 0 unspecified atom stereocenters. The number of rotatable bonds is 1. The highest BCUT2D eigenvalue weighted by atomic mass is 35.5. The largest absolute Gasteiger partial charge is 0.306 e. The standard InChI is InChI=1S/C10H6ClFN2O2/c1-5-2-6-9(11)8(14(15)16)4-13-10(6)7(12)3-5/h2-4H,1H3. The van der Waals surface area contributed by atoms with E-state index in [9.17, 15) is 14.5 Å². The summed E-state index contributed by atoms with van der Waals surface area (Å²) in [6, 6.07) is 2.87. The van der Waals surface area contributed by atoms with E-state index in [-0.39, 0.29) is 21.6 Å². The molecule has 0 aliphatic heterocycles. The lowest BCUT2D eigenvalue weighted by molar-refractivity contribution is -0.384. The van der Waals surface area contributed by atoms with E-state index >= 15 is 0 Å². The summed E-state index contributed by atoms with van der Waals surface area (Å²) >= 11 is 5.83. The number of nitrogens with zero attached hydrogens (tertiary/aromatic N) is 2. The van der Waals surface area contributed by atoms with Gasteiger partial charge in [0.2, 0.25) is 0 Å². The van der Waals surface area contributed by atoms with Crippen molar-refractivity contribution in [1.29, 1.82) is 0 Å². The zero-order valence-corrected chi connectivity index (χ0v) is 8.95. The SMILES string of the molecule is Cc1cc(F)c2ncc([N+](=O)[O-])c(Cl)c2c1. The van der Waals surface area contributed by atoms with Gasteiger partial charge >= 0.3 is 5.69 Å². The molecule has 0 saturated carbocycles. The van der Waals surface area contributed by atoms with E-state index in [0.717, 1.165) is 6.20 Å². The first-order valence-corrected chi connectivity index (χ1v) is 4.77. The summed E-state index contributed by atoms with van der Waals surface area (Å²) in [6.07, 6.45) is 0.961. The molecule has 1 heterocycles. The first kappa shape index (κ1) is 10.8. The molecule has 0 radical (unpaired) electrons. The Morgan fingerprint density at radius 2 is 2.19 bits per heavy atom. The second-order valence-corrected chi connectivity index (χ2v) is 3.74. The van der Waals surface area contributed by atoms with E-state index in [1.54, 1.807) is 13.0 Å². The van der Waals surface area contributed by atoms with Crippen LogP contribution >= 0.6 is 11.6 Å². The van der Waals surface area contributed by atoms with Gasteiger partial charge in [-0.25, -0.2) is 9.37 Å². The van der Waals surface area contributed by atoms with Crippen molar-refractivity contribution in [2.75, 3.05) is 0 Å². The number of hydrogen-bond acceptors (Lipinski definition) is 3. The molecule has 4 nitrogen and oxygen atoms in total. The van der Waals surface area contributed by atoms with Crippen molar-refractivity contribution in [2.45, 2.75) is 6.92 Å². The van der Waals surface area contributed by atoms with Crippen LogP contribution in [0, 0.1) is 22.9 Å². The molecule has 2 aromatic rings. The Hall–Kier alpha value is -1.75. The van der Waals surface area contributed by atoms with Gasteiger partial charge in [0.25, 0.3) is 0 Å². The highest BCUT2D eigenvalue weighted by molar-refractivity contribution is 6.37. The first-order chi connectivity index (χ1) is 7.50. The zero-order valence-electron chi connectivity index (χ0n) is 8.20. The van der Waals surface area contributed by atoms with E-state index < -0.39 is 10.7 Å². The highest BCUT2D eigenvalue weighted by Gasteiger charge is 2.17. The number of hydrogen-bond donors (Lipinski definition) is 0. The number of benzene rings is 1. The van der Waals surface area contributed by atoms with E-state index in [4.69, 9.17) is 11.6 Å². The van der Waals surface area contributed by atoms with Crippen molar-refractivity contribution in [3.8, 4) is 0 Å². The molecule has 6 heteroatoms. The van der Waals surface area contributed by atoms with Gasteiger partial charge in [0.15, 0.2) is 0 Å². The molecule has 0 N–H and O–H groups in total. The number of nitro groups is 1. The van der Waals surface area contributed by atoms with Gasteiger partial charge in [-0.2, -0.15) is 0 Å². The average molecular weight is 241 g/mol. The Morgan fingerprint density at radius 1 is 1.50 bits per heavy atom. The first-order valence-electron chi connectivity index (χ1n) is 4.39. The lowest BCUT2D eigenvalue weighted by Crippen LogP contribution is -1.94. The predicted molar refractivity (Wildman–Crippen MR) is 58.1 cm³/mol. The molecule has 0 fully saturated rings. The van der Waals surface area contributed by atoms with Gasteiger partial charge in [0, 0.05) is 5.39 Å². The van der Waals surface area contributed by atoms with Crippen LogP contribution in [0.25, 0.3) is 10.9 Å². The van der Waals surface area contributed by atoms with Gasteiger partial charge < -0.3 is 0 Å². The van der Waals surface area contributed by atoms with Gasteiger partial charge in [-0.05, 0) is 24.6 Å². The highest BCUT2D eigenvalue weighted by Crippen LogP contribution is 2.32. The van der Waals surface area contributed by atoms with Crippen LogP contribution in [-0.4, -0.2) is 9.91 Å². The van der Waals surface area contributed by atoms with Crippen LogP contribution in [0.15, 0.2) is 18.3 Å². The lowest BCUT2D eigenvalue weighted by atomic mass is 10.1. The summed E-state index contributed by atoms with van der Waals surface area (Å²) in [7, 11) is 0. The zero-order chi connectivity index (χ0) is 11.9. The van der Waals surface area contributed by atoms with E-state index in [0.29, 0.717) is 5.56 Å². The van der Waals surface area contributed by atoms with Crippen LogP contribution in [0.5, 0.6) is 0 Å². The third-order valence-corrected chi connectivity index (χ3v) is 2.58. The third-order valence-electron chi connectivity index (χ3n) is 2.18. The van der Waals surface area contributed by atoms with Crippen LogP contribution < -0.4 is 0 Å². The summed E-state index contributed by atoms with van der Waals surface area (Å²) in [5.74, 6) is -0.535. The van der Waals surface area contributed by atoms with Crippen molar-refractivity contribution in [3.63, 3.8) is 0 Å². The number of aromatic nitrogens is 1. The van der Waals surface area contributed by atoms with E-state index in [1.807, 2.05) is 0 Å². The topological polar surface area (TPSA) is 56.0 Å². The minimum Gasteiger partial charge on any atom is -0.258 e. The molecule has 0 saturated heterocycles. The molecular formula is C10H6ClFN2O2. The minimum absolute atomic E-state index is 0.0428. The van der Waals surface area contributed by atoms with Crippen LogP contribution in [-0.2, 0) is 0 Å². The maximum absolute atomic E-state index is 13.5. The average Bonchev–Trinajstić information content (AvgIpc) is 2.19. The maximum Gasteiger partial charge on any atom is 0.306 e. The summed E-state index contributed by atoms with van der Waals surface area (Å²) in [5, 5.41) is 10.8. The van der Waals surface area contributed by atoms with Crippen LogP contribution in [0.2, 0.25) is 5.02 Å². The van der Waals surface area contributed by atoms with E-state index in [1.165, 1.54) is 6.07 Å². The van der Waals surface area contributed by atoms with Gasteiger partial charge in [0.05, 0.1) is 4.92 Å². The molecule has 0 aliphatic rings. The second-order valence-electron chi connectivity index (χ2n) is 3.36. The van der Waals surface area contributed by atoms with Crippen molar-refractivity contribution in [1.82, 2.24) is 4.98 Å². The molecular weight excluding hydrogens is 235 g/mol. The number of pyridine rings is 1. The Balaban J connectivity index is 2.89. The Morgan fingerprint density at radius 3 is 2.81 bits per heavy atom. The Bertz CT molecular complexity index is 601.